The summed E-state index contributed by atoms with van der Waals surface area (Å²) in [6.07, 6.45) is 2.85. The minimum atomic E-state index is -0.517. The van der Waals surface area contributed by atoms with Gasteiger partial charge in [0.25, 0.3) is 5.91 Å². The summed E-state index contributed by atoms with van der Waals surface area (Å²) in [4.78, 5) is 29.1. The van der Waals surface area contributed by atoms with Crippen LogP contribution in [0, 0.1) is 19.7 Å². The second-order valence-corrected chi connectivity index (χ2v) is 7.64. The van der Waals surface area contributed by atoms with Gasteiger partial charge in [0.05, 0.1) is 11.3 Å². The van der Waals surface area contributed by atoms with Crippen LogP contribution in [-0.4, -0.2) is 31.1 Å². The van der Waals surface area contributed by atoms with Crippen LogP contribution < -0.4 is 10.6 Å². The van der Waals surface area contributed by atoms with Gasteiger partial charge in [-0.2, -0.15) is 5.10 Å². The maximum atomic E-state index is 14.3. The molecule has 2 N–H and O–H groups in total. The molecule has 0 fully saturated rings. The van der Waals surface area contributed by atoms with E-state index in [9.17, 15) is 14.0 Å². The maximum Gasteiger partial charge on any atom is 0.257 e. The van der Waals surface area contributed by atoms with Crippen molar-refractivity contribution in [2.24, 2.45) is 0 Å². The van der Waals surface area contributed by atoms with E-state index in [2.05, 4.69) is 20.7 Å². The summed E-state index contributed by atoms with van der Waals surface area (Å²) in [5.41, 5.74) is 3.39. The number of carbonyl (C=O) groups is 2. The van der Waals surface area contributed by atoms with Crippen LogP contribution in [0.1, 0.15) is 34.7 Å². The molecule has 1 atom stereocenters. The quantitative estimate of drug-likeness (QED) is 0.462. The van der Waals surface area contributed by atoms with Gasteiger partial charge in [0, 0.05) is 22.8 Å². The van der Waals surface area contributed by atoms with Gasteiger partial charge >= 0.3 is 0 Å². The molecule has 0 saturated carbocycles. The van der Waals surface area contributed by atoms with Crippen molar-refractivity contribution in [2.45, 2.75) is 26.8 Å². The Bertz CT molecular complexity index is 1300. The molecule has 0 aliphatic carbocycles. The molecule has 9 heteroatoms. The average Bonchev–Trinajstić information content (AvgIpc) is 3.43. The van der Waals surface area contributed by atoms with Crippen molar-refractivity contribution < 1.29 is 14.0 Å². The van der Waals surface area contributed by atoms with Gasteiger partial charge in [-0.25, -0.2) is 14.1 Å². The van der Waals surface area contributed by atoms with Gasteiger partial charge in [0.15, 0.2) is 0 Å². The van der Waals surface area contributed by atoms with Crippen molar-refractivity contribution in [2.75, 3.05) is 10.6 Å². The Labute approximate surface area is 190 Å². The van der Waals surface area contributed by atoms with Crippen molar-refractivity contribution in [3.63, 3.8) is 0 Å². The van der Waals surface area contributed by atoms with Crippen molar-refractivity contribution in [1.82, 2.24) is 19.3 Å². The third-order valence-electron chi connectivity index (χ3n) is 5.39. The molecule has 4 aromatic rings. The number of nitrogens with one attached hydrogen (secondary N) is 2. The number of anilines is 2. The SMILES string of the molecule is Cc1cc(C(=O)Nc2ccc(NC(=O)C(C)n3cncn3)cc2)c(C)n1-c1ccccc1F. The highest BCUT2D eigenvalue weighted by molar-refractivity contribution is 6.05. The summed E-state index contributed by atoms with van der Waals surface area (Å²) in [5, 5.41) is 9.62. The number of benzene rings is 2. The molecular formula is C24H23FN6O2. The number of nitrogens with zero attached hydrogens (tertiary/aromatic N) is 4. The maximum absolute atomic E-state index is 14.3. The molecule has 0 saturated heterocycles. The standard InChI is InChI=1S/C24H23FN6O2/c1-15-12-20(16(2)31(15)22-7-5-4-6-21(22)25)24(33)29-19-10-8-18(9-11-19)28-23(32)17(3)30-14-26-13-27-30/h4-14,17H,1-3H3,(H,28,32)(H,29,33). The van der Waals surface area contributed by atoms with E-state index in [1.807, 2.05) is 6.92 Å². The van der Waals surface area contributed by atoms with Crippen LogP contribution in [0.25, 0.3) is 5.69 Å². The molecule has 2 aromatic carbocycles. The lowest BCUT2D eigenvalue weighted by atomic mass is 10.2. The van der Waals surface area contributed by atoms with Gasteiger partial charge < -0.3 is 15.2 Å². The van der Waals surface area contributed by atoms with Gasteiger partial charge in [-0.05, 0) is 63.2 Å². The Hall–Kier alpha value is -4.27. The Morgan fingerprint density at radius 1 is 1.00 bits per heavy atom. The summed E-state index contributed by atoms with van der Waals surface area (Å²) in [5.74, 6) is -0.901. The number of hydrogen-bond donors (Lipinski definition) is 2. The highest BCUT2D eigenvalue weighted by Crippen LogP contribution is 2.24. The Kier molecular flexibility index (Phi) is 6.03. The zero-order valence-electron chi connectivity index (χ0n) is 18.4. The lowest BCUT2D eigenvalue weighted by molar-refractivity contribution is -0.119. The molecule has 0 aliphatic rings. The predicted molar refractivity (Wildman–Crippen MR) is 123 cm³/mol. The Balaban J connectivity index is 1.46. The molecule has 4 rings (SSSR count). The molecule has 0 spiro atoms. The monoisotopic (exact) mass is 446 g/mol. The topological polar surface area (TPSA) is 93.8 Å². The van der Waals surface area contributed by atoms with Crippen molar-refractivity contribution in [3.05, 3.63) is 90.0 Å². The van der Waals surface area contributed by atoms with Crippen molar-refractivity contribution in [3.8, 4) is 5.69 Å². The molecule has 1 unspecified atom stereocenters. The van der Waals surface area contributed by atoms with E-state index in [0.29, 0.717) is 28.3 Å². The molecule has 2 heterocycles. The summed E-state index contributed by atoms with van der Waals surface area (Å²) < 4.78 is 17.5. The first-order valence-corrected chi connectivity index (χ1v) is 10.4. The van der Waals surface area contributed by atoms with Gasteiger partial charge in [0.1, 0.15) is 24.5 Å². The number of rotatable bonds is 6. The molecule has 0 aliphatic heterocycles. The van der Waals surface area contributed by atoms with Crippen LogP contribution >= 0.6 is 0 Å². The lowest BCUT2D eigenvalue weighted by Crippen LogP contribution is -2.24. The first-order valence-electron chi connectivity index (χ1n) is 10.4. The van der Waals surface area contributed by atoms with Crippen LogP contribution in [0.5, 0.6) is 0 Å². The molecule has 168 valence electrons. The van der Waals surface area contributed by atoms with E-state index in [-0.39, 0.29) is 17.6 Å². The van der Waals surface area contributed by atoms with Gasteiger partial charge in [-0.3, -0.25) is 9.59 Å². The molecular weight excluding hydrogens is 423 g/mol. The predicted octanol–water partition coefficient (Wildman–Crippen LogP) is 4.28. The molecule has 0 radical (unpaired) electrons. The minimum Gasteiger partial charge on any atom is -0.324 e. The van der Waals surface area contributed by atoms with E-state index < -0.39 is 6.04 Å². The molecule has 0 bridgehead atoms. The van der Waals surface area contributed by atoms with E-state index in [1.165, 1.54) is 23.4 Å². The number of carbonyl (C=O) groups excluding carboxylic acids is 2. The fourth-order valence-corrected chi connectivity index (χ4v) is 3.62. The van der Waals surface area contributed by atoms with Crippen molar-refractivity contribution >= 4 is 23.2 Å². The number of para-hydroxylation sites is 1. The third-order valence-corrected chi connectivity index (χ3v) is 5.39. The van der Waals surface area contributed by atoms with E-state index in [0.717, 1.165) is 5.69 Å². The highest BCUT2D eigenvalue weighted by atomic mass is 19.1. The Morgan fingerprint density at radius 3 is 2.30 bits per heavy atom. The van der Waals surface area contributed by atoms with E-state index in [1.54, 1.807) is 66.9 Å². The summed E-state index contributed by atoms with van der Waals surface area (Å²) in [7, 11) is 0. The van der Waals surface area contributed by atoms with E-state index >= 15 is 0 Å². The van der Waals surface area contributed by atoms with Gasteiger partial charge in [0.2, 0.25) is 5.91 Å². The van der Waals surface area contributed by atoms with Gasteiger partial charge in [-0.1, -0.05) is 12.1 Å². The third kappa shape index (κ3) is 4.52. The minimum absolute atomic E-state index is 0.238. The highest BCUT2D eigenvalue weighted by Gasteiger charge is 2.19. The summed E-state index contributed by atoms with van der Waals surface area (Å²) >= 11 is 0. The number of aryl methyl sites for hydroxylation is 1. The number of hydrogen-bond acceptors (Lipinski definition) is 4. The summed E-state index contributed by atoms with van der Waals surface area (Å²) in [6.45, 7) is 5.33. The van der Waals surface area contributed by atoms with Crippen LogP contribution in [0.3, 0.4) is 0 Å². The second-order valence-electron chi connectivity index (χ2n) is 7.64. The zero-order chi connectivity index (χ0) is 23.5. The first-order chi connectivity index (χ1) is 15.8. The number of aromatic nitrogens is 4. The summed E-state index contributed by atoms with van der Waals surface area (Å²) in [6, 6.07) is 14.5. The number of amides is 2. The van der Waals surface area contributed by atoms with Crippen LogP contribution in [0.4, 0.5) is 15.8 Å². The smallest absolute Gasteiger partial charge is 0.257 e. The Morgan fingerprint density at radius 2 is 1.67 bits per heavy atom. The molecule has 33 heavy (non-hydrogen) atoms. The fraction of sp³-hybridized carbons (Fsp3) is 0.167. The van der Waals surface area contributed by atoms with Crippen LogP contribution in [0.15, 0.2) is 67.3 Å². The number of halogens is 1. The largest absolute Gasteiger partial charge is 0.324 e. The molecule has 2 aromatic heterocycles. The van der Waals surface area contributed by atoms with Crippen LogP contribution in [-0.2, 0) is 4.79 Å². The average molecular weight is 446 g/mol. The molecule has 2 amide bonds. The zero-order valence-corrected chi connectivity index (χ0v) is 18.4. The second kappa shape index (κ2) is 9.07. The normalized spacial score (nSPS) is 11.8. The molecule has 8 nitrogen and oxygen atoms in total. The lowest BCUT2D eigenvalue weighted by Gasteiger charge is -2.13. The van der Waals surface area contributed by atoms with E-state index in [4.69, 9.17) is 0 Å². The fourth-order valence-electron chi connectivity index (χ4n) is 3.62. The first kappa shape index (κ1) is 21.9. The van der Waals surface area contributed by atoms with Gasteiger partial charge in [-0.15, -0.1) is 0 Å². The van der Waals surface area contributed by atoms with Crippen LogP contribution in [0.2, 0.25) is 0 Å². The van der Waals surface area contributed by atoms with Crippen molar-refractivity contribution in [1.29, 1.82) is 0 Å².